The lowest BCUT2D eigenvalue weighted by Gasteiger charge is -2.04. The van der Waals surface area contributed by atoms with Crippen molar-refractivity contribution in [2.24, 2.45) is 0 Å². The Balaban J connectivity index is 2.90. The quantitative estimate of drug-likeness (QED) is 0.616. The standard InChI is InChI=1S/C9H8BrN3O/c10-6-1-2-8(12)7(5-6)9(14)13-4-3-11/h1-2,5H,4,12H2,(H,13,14). The van der Waals surface area contributed by atoms with Crippen LogP contribution in [0.5, 0.6) is 0 Å². The fraction of sp³-hybridized carbons (Fsp3) is 0.111. The van der Waals surface area contributed by atoms with Crippen LogP contribution in [0.3, 0.4) is 0 Å². The van der Waals surface area contributed by atoms with Crippen molar-refractivity contribution >= 4 is 27.5 Å². The molecule has 0 atom stereocenters. The first-order valence-electron chi connectivity index (χ1n) is 3.85. The zero-order chi connectivity index (χ0) is 10.6. The molecule has 1 rings (SSSR count). The Morgan fingerprint density at radius 1 is 1.64 bits per heavy atom. The molecule has 1 aromatic rings. The third kappa shape index (κ3) is 2.47. The summed E-state index contributed by atoms with van der Waals surface area (Å²) in [4.78, 5) is 11.4. The molecule has 0 fully saturated rings. The highest BCUT2D eigenvalue weighted by Crippen LogP contribution is 2.17. The summed E-state index contributed by atoms with van der Waals surface area (Å²) < 4.78 is 0.772. The van der Waals surface area contributed by atoms with Gasteiger partial charge in [-0.2, -0.15) is 5.26 Å². The zero-order valence-corrected chi connectivity index (χ0v) is 8.84. The Hall–Kier alpha value is -1.54. The maximum Gasteiger partial charge on any atom is 0.254 e. The van der Waals surface area contributed by atoms with Gasteiger partial charge in [-0.15, -0.1) is 0 Å². The van der Waals surface area contributed by atoms with Crippen molar-refractivity contribution in [2.45, 2.75) is 0 Å². The summed E-state index contributed by atoms with van der Waals surface area (Å²) in [5.41, 5.74) is 6.36. The van der Waals surface area contributed by atoms with E-state index in [9.17, 15) is 4.79 Å². The monoisotopic (exact) mass is 253 g/mol. The van der Waals surface area contributed by atoms with E-state index >= 15 is 0 Å². The van der Waals surface area contributed by atoms with Crippen LogP contribution in [0.25, 0.3) is 0 Å². The summed E-state index contributed by atoms with van der Waals surface area (Å²) >= 11 is 3.23. The lowest BCUT2D eigenvalue weighted by molar-refractivity contribution is 0.0959. The SMILES string of the molecule is N#CCNC(=O)c1cc(Br)ccc1N. The van der Waals surface area contributed by atoms with E-state index in [2.05, 4.69) is 21.2 Å². The van der Waals surface area contributed by atoms with E-state index in [1.165, 1.54) is 0 Å². The van der Waals surface area contributed by atoms with Gasteiger partial charge in [0, 0.05) is 10.2 Å². The van der Waals surface area contributed by atoms with Gasteiger partial charge in [-0.3, -0.25) is 4.79 Å². The van der Waals surface area contributed by atoms with Crippen LogP contribution in [0, 0.1) is 11.3 Å². The number of carbonyl (C=O) groups excluding carboxylic acids is 1. The molecule has 14 heavy (non-hydrogen) atoms. The number of benzene rings is 1. The molecule has 0 saturated carbocycles. The molecule has 0 aliphatic rings. The maximum atomic E-state index is 11.4. The number of halogens is 1. The molecule has 1 amide bonds. The van der Waals surface area contributed by atoms with Gasteiger partial charge in [0.2, 0.25) is 0 Å². The molecule has 0 unspecified atom stereocenters. The second-order valence-corrected chi connectivity index (χ2v) is 3.49. The summed E-state index contributed by atoms with van der Waals surface area (Å²) in [5.74, 6) is -0.342. The van der Waals surface area contributed by atoms with Crippen LogP contribution in [0.15, 0.2) is 22.7 Å². The van der Waals surface area contributed by atoms with Crippen molar-refractivity contribution in [1.29, 1.82) is 5.26 Å². The first-order chi connectivity index (χ1) is 6.65. The number of nitrogens with two attached hydrogens (primary N) is 1. The van der Waals surface area contributed by atoms with Crippen molar-refractivity contribution in [3.63, 3.8) is 0 Å². The van der Waals surface area contributed by atoms with Crippen molar-refractivity contribution < 1.29 is 4.79 Å². The molecular formula is C9H8BrN3O. The first kappa shape index (κ1) is 10.5. The van der Waals surface area contributed by atoms with Crippen LogP contribution in [0.1, 0.15) is 10.4 Å². The maximum absolute atomic E-state index is 11.4. The number of hydrogen-bond acceptors (Lipinski definition) is 3. The minimum absolute atomic E-state index is 0.0230. The van der Waals surface area contributed by atoms with E-state index < -0.39 is 0 Å². The van der Waals surface area contributed by atoms with E-state index in [0.717, 1.165) is 4.47 Å². The van der Waals surface area contributed by atoms with Gasteiger partial charge in [0.1, 0.15) is 6.54 Å². The van der Waals surface area contributed by atoms with Gasteiger partial charge in [0.15, 0.2) is 0 Å². The van der Waals surface area contributed by atoms with Gasteiger partial charge in [-0.25, -0.2) is 0 Å². The van der Waals surface area contributed by atoms with Gasteiger partial charge in [-0.05, 0) is 18.2 Å². The van der Waals surface area contributed by atoms with Crippen LogP contribution in [0.2, 0.25) is 0 Å². The number of nitriles is 1. The van der Waals surface area contributed by atoms with Gasteiger partial charge in [0.25, 0.3) is 5.91 Å². The highest BCUT2D eigenvalue weighted by Gasteiger charge is 2.08. The van der Waals surface area contributed by atoms with E-state index in [-0.39, 0.29) is 12.5 Å². The Bertz CT molecular complexity index is 398. The van der Waals surface area contributed by atoms with Crippen molar-refractivity contribution in [3.05, 3.63) is 28.2 Å². The topological polar surface area (TPSA) is 78.9 Å². The number of nitrogens with one attached hydrogen (secondary N) is 1. The summed E-state index contributed by atoms with van der Waals surface area (Å²) in [7, 11) is 0. The molecule has 0 radical (unpaired) electrons. The second kappa shape index (κ2) is 4.63. The van der Waals surface area contributed by atoms with E-state index in [0.29, 0.717) is 11.3 Å². The Kier molecular flexibility index (Phi) is 3.48. The number of nitrogens with zero attached hydrogens (tertiary/aromatic N) is 1. The van der Waals surface area contributed by atoms with Crippen LogP contribution in [0.4, 0.5) is 5.69 Å². The fourth-order valence-electron chi connectivity index (χ4n) is 0.940. The molecule has 0 heterocycles. The normalized spacial score (nSPS) is 9.14. The molecule has 0 aliphatic heterocycles. The molecule has 72 valence electrons. The van der Waals surface area contributed by atoms with E-state index in [1.54, 1.807) is 18.2 Å². The molecule has 0 spiro atoms. The average Bonchev–Trinajstić information content (AvgIpc) is 2.18. The number of amides is 1. The van der Waals surface area contributed by atoms with E-state index in [1.807, 2.05) is 6.07 Å². The third-order valence-corrected chi connectivity index (χ3v) is 2.08. The second-order valence-electron chi connectivity index (χ2n) is 2.57. The zero-order valence-electron chi connectivity index (χ0n) is 7.25. The molecule has 4 nitrogen and oxygen atoms in total. The minimum atomic E-state index is -0.342. The van der Waals surface area contributed by atoms with Gasteiger partial charge >= 0.3 is 0 Å². The third-order valence-electron chi connectivity index (χ3n) is 1.59. The summed E-state index contributed by atoms with van der Waals surface area (Å²) in [6.45, 7) is -0.0230. The largest absolute Gasteiger partial charge is 0.398 e. The summed E-state index contributed by atoms with van der Waals surface area (Å²) in [6.07, 6.45) is 0. The van der Waals surface area contributed by atoms with Crippen LogP contribution < -0.4 is 11.1 Å². The lowest BCUT2D eigenvalue weighted by Crippen LogP contribution is -2.24. The molecule has 1 aromatic carbocycles. The number of nitrogen functional groups attached to an aromatic ring is 1. The highest BCUT2D eigenvalue weighted by atomic mass is 79.9. The number of hydrogen-bond donors (Lipinski definition) is 2. The predicted octanol–water partition coefficient (Wildman–Crippen LogP) is 1.28. The molecule has 0 aromatic heterocycles. The smallest absolute Gasteiger partial charge is 0.254 e. The number of anilines is 1. The Labute approximate surface area is 89.8 Å². The number of rotatable bonds is 2. The molecule has 3 N–H and O–H groups in total. The fourth-order valence-corrected chi connectivity index (χ4v) is 1.30. The van der Waals surface area contributed by atoms with Crippen molar-refractivity contribution in [2.75, 3.05) is 12.3 Å². The Morgan fingerprint density at radius 3 is 3.00 bits per heavy atom. The van der Waals surface area contributed by atoms with Crippen molar-refractivity contribution in [1.82, 2.24) is 5.32 Å². The van der Waals surface area contributed by atoms with Crippen LogP contribution in [-0.4, -0.2) is 12.5 Å². The van der Waals surface area contributed by atoms with Crippen molar-refractivity contribution in [3.8, 4) is 6.07 Å². The molecule has 0 bridgehead atoms. The molecule has 0 aliphatic carbocycles. The van der Waals surface area contributed by atoms with Crippen LogP contribution >= 0.6 is 15.9 Å². The van der Waals surface area contributed by atoms with Gasteiger partial charge < -0.3 is 11.1 Å². The molecule has 0 saturated heterocycles. The van der Waals surface area contributed by atoms with Crippen LogP contribution in [-0.2, 0) is 0 Å². The predicted molar refractivity (Wildman–Crippen MR) is 56.5 cm³/mol. The minimum Gasteiger partial charge on any atom is -0.398 e. The number of carbonyl (C=O) groups is 1. The molecule has 5 heteroatoms. The Morgan fingerprint density at radius 2 is 2.36 bits per heavy atom. The highest BCUT2D eigenvalue weighted by molar-refractivity contribution is 9.10. The molecular weight excluding hydrogens is 246 g/mol. The first-order valence-corrected chi connectivity index (χ1v) is 4.64. The summed E-state index contributed by atoms with van der Waals surface area (Å²) in [5, 5.41) is 10.7. The van der Waals surface area contributed by atoms with Gasteiger partial charge in [-0.1, -0.05) is 15.9 Å². The average molecular weight is 254 g/mol. The van der Waals surface area contributed by atoms with E-state index in [4.69, 9.17) is 11.0 Å². The van der Waals surface area contributed by atoms with Gasteiger partial charge in [0.05, 0.1) is 11.6 Å². The summed E-state index contributed by atoms with van der Waals surface area (Å²) in [6, 6.07) is 6.81. The lowest BCUT2D eigenvalue weighted by atomic mass is 10.1.